The van der Waals surface area contributed by atoms with E-state index in [1.54, 1.807) is 17.0 Å². The Hall–Kier alpha value is -2.49. The average molecular weight is 430 g/mol. The number of thioether (sulfide) groups is 1. The lowest BCUT2D eigenvalue weighted by Gasteiger charge is -2.30. The molecule has 0 N–H and O–H groups in total. The van der Waals surface area contributed by atoms with Crippen molar-refractivity contribution in [1.82, 2.24) is 14.9 Å². The molecule has 29 heavy (non-hydrogen) atoms. The van der Waals surface area contributed by atoms with Crippen molar-refractivity contribution < 1.29 is 19.1 Å². The number of thiophene rings is 1. The van der Waals surface area contributed by atoms with Gasteiger partial charge >= 0.3 is 5.97 Å². The molecule has 0 spiro atoms. The summed E-state index contributed by atoms with van der Waals surface area (Å²) in [6.45, 7) is 1.96. The summed E-state index contributed by atoms with van der Waals surface area (Å²) in [6, 6.07) is 11.0. The molecular weight excluding hydrogens is 410 g/mol. The Labute approximate surface area is 176 Å². The molecule has 9 heteroatoms. The molecule has 1 saturated heterocycles. The molecule has 3 aromatic rings. The van der Waals surface area contributed by atoms with Gasteiger partial charge in [0.1, 0.15) is 16.2 Å². The predicted molar refractivity (Wildman–Crippen MR) is 111 cm³/mol. The molecule has 0 aliphatic carbocycles. The van der Waals surface area contributed by atoms with Crippen molar-refractivity contribution in [2.45, 2.75) is 11.1 Å². The SMILES string of the molecule is O=C(CSc1ncnc2sccc12)OC(C(=O)N1CCOCC1)c1ccccc1. The minimum Gasteiger partial charge on any atom is -0.447 e. The maximum absolute atomic E-state index is 13.0. The number of ether oxygens (including phenoxy) is 2. The average Bonchev–Trinajstić information content (AvgIpc) is 3.26. The molecule has 7 nitrogen and oxygen atoms in total. The Bertz CT molecular complexity index is 990. The van der Waals surface area contributed by atoms with Gasteiger partial charge in [-0.05, 0) is 11.4 Å². The summed E-state index contributed by atoms with van der Waals surface area (Å²) in [5, 5.41) is 3.58. The largest absolute Gasteiger partial charge is 0.447 e. The van der Waals surface area contributed by atoms with Crippen LogP contribution in [0.3, 0.4) is 0 Å². The maximum atomic E-state index is 13.0. The Kier molecular flexibility index (Phi) is 6.38. The number of esters is 1. The third kappa shape index (κ3) is 4.75. The number of carbonyl (C=O) groups excluding carboxylic acids is 2. The van der Waals surface area contributed by atoms with E-state index in [0.29, 0.717) is 31.9 Å². The van der Waals surface area contributed by atoms with Gasteiger partial charge in [-0.2, -0.15) is 0 Å². The molecular formula is C20H19N3O4S2. The highest BCUT2D eigenvalue weighted by molar-refractivity contribution is 8.00. The number of fused-ring (bicyclic) bond motifs is 1. The molecule has 1 aromatic carbocycles. The lowest BCUT2D eigenvalue weighted by atomic mass is 10.1. The van der Waals surface area contributed by atoms with Crippen LogP contribution in [0.1, 0.15) is 11.7 Å². The van der Waals surface area contributed by atoms with Gasteiger partial charge in [-0.25, -0.2) is 9.97 Å². The van der Waals surface area contributed by atoms with Gasteiger partial charge in [-0.3, -0.25) is 9.59 Å². The lowest BCUT2D eigenvalue weighted by Crippen LogP contribution is -2.44. The minimum atomic E-state index is -0.964. The fourth-order valence-electron chi connectivity index (χ4n) is 3.01. The number of hydrogen-bond acceptors (Lipinski definition) is 8. The second kappa shape index (κ2) is 9.34. The zero-order chi connectivity index (χ0) is 20.1. The van der Waals surface area contributed by atoms with Gasteiger partial charge in [0.15, 0.2) is 0 Å². The summed E-state index contributed by atoms with van der Waals surface area (Å²) >= 11 is 2.81. The molecule has 2 aromatic heterocycles. The molecule has 150 valence electrons. The van der Waals surface area contributed by atoms with Crippen LogP contribution in [0.2, 0.25) is 0 Å². The van der Waals surface area contributed by atoms with E-state index in [1.807, 2.05) is 29.6 Å². The Morgan fingerprint density at radius 3 is 2.76 bits per heavy atom. The highest BCUT2D eigenvalue weighted by Crippen LogP contribution is 2.28. The van der Waals surface area contributed by atoms with Crippen molar-refractivity contribution in [2.24, 2.45) is 0 Å². The molecule has 1 aliphatic heterocycles. The van der Waals surface area contributed by atoms with Crippen LogP contribution >= 0.6 is 23.1 Å². The standard InChI is InChI=1S/C20H19N3O4S2/c24-16(12-29-19-15-6-11-28-18(15)21-13-22-19)27-17(14-4-2-1-3-5-14)20(25)23-7-9-26-10-8-23/h1-6,11,13,17H,7-10,12H2. The van der Waals surface area contributed by atoms with Crippen molar-refractivity contribution in [3.63, 3.8) is 0 Å². The molecule has 1 aliphatic rings. The van der Waals surface area contributed by atoms with Gasteiger partial charge in [0, 0.05) is 24.0 Å². The quantitative estimate of drug-likeness (QED) is 0.338. The molecule has 1 atom stereocenters. The van der Waals surface area contributed by atoms with Gasteiger partial charge < -0.3 is 14.4 Å². The van der Waals surface area contributed by atoms with Crippen molar-refractivity contribution in [2.75, 3.05) is 32.1 Å². The lowest BCUT2D eigenvalue weighted by molar-refractivity contribution is -0.160. The van der Waals surface area contributed by atoms with Gasteiger partial charge in [0.05, 0.1) is 19.0 Å². The summed E-state index contributed by atoms with van der Waals surface area (Å²) < 4.78 is 11.0. The van der Waals surface area contributed by atoms with E-state index in [9.17, 15) is 9.59 Å². The van der Waals surface area contributed by atoms with Gasteiger partial charge in [-0.1, -0.05) is 42.1 Å². The van der Waals surface area contributed by atoms with Gasteiger partial charge in [-0.15, -0.1) is 11.3 Å². The van der Waals surface area contributed by atoms with E-state index in [-0.39, 0.29) is 11.7 Å². The third-order valence-electron chi connectivity index (χ3n) is 4.45. The van der Waals surface area contributed by atoms with Crippen LogP contribution in [0.15, 0.2) is 53.1 Å². The zero-order valence-corrected chi connectivity index (χ0v) is 17.2. The van der Waals surface area contributed by atoms with Crippen molar-refractivity contribution in [3.05, 3.63) is 53.7 Å². The summed E-state index contributed by atoms with van der Waals surface area (Å²) in [5.41, 5.74) is 0.657. The van der Waals surface area contributed by atoms with Crippen LogP contribution in [0, 0.1) is 0 Å². The topological polar surface area (TPSA) is 81.6 Å². The number of rotatable bonds is 6. The number of carbonyl (C=O) groups is 2. The minimum absolute atomic E-state index is 0.0572. The van der Waals surface area contributed by atoms with Crippen LogP contribution in [-0.2, 0) is 19.1 Å². The predicted octanol–water partition coefficient (Wildman–Crippen LogP) is 2.93. The van der Waals surface area contributed by atoms with E-state index in [4.69, 9.17) is 9.47 Å². The number of nitrogens with zero attached hydrogens (tertiary/aromatic N) is 3. The van der Waals surface area contributed by atoms with Crippen LogP contribution in [0.4, 0.5) is 0 Å². The van der Waals surface area contributed by atoms with Crippen LogP contribution in [0.5, 0.6) is 0 Å². The van der Waals surface area contributed by atoms with Crippen molar-refractivity contribution in [1.29, 1.82) is 0 Å². The highest BCUT2D eigenvalue weighted by atomic mass is 32.2. The van der Waals surface area contributed by atoms with Gasteiger partial charge in [0.2, 0.25) is 6.10 Å². The summed E-state index contributed by atoms with van der Waals surface area (Å²) in [6.07, 6.45) is 0.523. The Morgan fingerprint density at radius 1 is 1.17 bits per heavy atom. The summed E-state index contributed by atoms with van der Waals surface area (Å²) in [5.74, 6) is -0.630. The fourth-order valence-corrected chi connectivity index (χ4v) is 4.58. The van der Waals surface area contributed by atoms with Crippen molar-refractivity contribution in [3.8, 4) is 0 Å². The van der Waals surface area contributed by atoms with E-state index in [1.165, 1.54) is 29.4 Å². The molecule has 4 rings (SSSR count). The van der Waals surface area contributed by atoms with Gasteiger partial charge in [0.25, 0.3) is 5.91 Å². The first-order chi connectivity index (χ1) is 14.2. The maximum Gasteiger partial charge on any atom is 0.317 e. The third-order valence-corrected chi connectivity index (χ3v) is 6.25. The zero-order valence-electron chi connectivity index (χ0n) is 15.5. The summed E-state index contributed by atoms with van der Waals surface area (Å²) in [7, 11) is 0. The number of morpholine rings is 1. The number of benzene rings is 1. The molecule has 1 fully saturated rings. The van der Waals surface area contributed by atoms with E-state index in [0.717, 1.165) is 15.2 Å². The van der Waals surface area contributed by atoms with Crippen LogP contribution in [0.25, 0.3) is 10.2 Å². The van der Waals surface area contributed by atoms with E-state index in [2.05, 4.69) is 9.97 Å². The number of aromatic nitrogens is 2. The molecule has 1 amide bonds. The first kappa shape index (κ1) is 19.8. The van der Waals surface area contributed by atoms with Crippen LogP contribution < -0.4 is 0 Å². The van der Waals surface area contributed by atoms with E-state index < -0.39 is 12.1 Å². The number of hydrogen-bond donors (Lipinski definition) is 0. The monoisotopic (exact) mass is 429 g/mol. The number of amides is 1. The second-order valence-electron chi connectivity index (χ2n) is 6.33. The Balaban J connectivity index is 1.46. The molecule has 1 unspecified atom stereocenters. The normalized spacial score (nSPS) is 15.2. The summed E-state index contributed by atoms with van der Waals surface area (Å²) in [4.78, 5) is 36.6. The second-order valence-corrected chi connectivity index (χ2v) is 8.18. The Morgan fingerprint density at radius 2 is 1.97 bits per heavy atom. The molecule has 0 saturated carbocycles. The fraction of sp³-hybridized carbons (Fsp3) is 0.300. The van der Waals surface area contributed by atoms with Crippen molar-refractivity contribution >= 4 is 45.2 Å². The van der Waals surface area contributed by atoms with Crippen LogP contribution in [-0.4, -0.2) is 58.8 Å². The molecule has 0 bridgehead atoms. The van der Waals surface area contributed by atoms with E-state index >= 15 is 0 Å². The molecule has 0 radical (unpaired) electrons. The first-order valence-electron chi connectivity index (χ1n) is 9.14. The first-order valence-corrected chi connectivity index (χ1v) is 11.0. The molecule has 3 heterocycles. The smallest absolute Gasteiger partial charge is 0.317 e. The highest BCUT2D eigenvalue weighted by Gasteiger charge is 2.30.